The van der Waals surface area contributed by atoms with Gasteiger partial charge in [0.05, 0.1) is 32.8 Å². The largest absolute Gasteiger partial charge is 0.465 e. The van der Waals surface area contributed by atoms with Crippen LogP contribution in [0.2, 0.25) is 5.02 Å². The number of hydrogen-bond donors (Lipinski definition) is 1. The number of sulfone groups is 1. The number of esters is 1. The Kier molecular flexibility index (Phi) is 8.03. The number of carbonyl (C=O) groups excluding carboxylic acids is 2. The zero-order valence-corrected chi connectivity index (χ0v) is 22.9. The number of hydrogen-bond acceptors (Lipinski definition) is 8. The molecule has 2 aromatic carbocycles. The quantitative estimate of drug-likeness (QED) is 0.413. The number of ether oxygens (including phenoxy) is 1. The van der Waals surface area contributed by atoms with E-state index in [2.05, 4.69) is 5.43 Å². The highest BCUT2D eigenvalue weighted by molar-refractivity contribution is 7.90. The van der Waals surface area contributed by atoms with Gasteiger partial charge in [-0.15, -0.1) is 11.3 Å². The molecule has 0 radical (unpaired) electrons. The van der Waals surface area contributed by atoms with Crippen LogP contribution in [0.5, 0.6) is 0 Å². The molecule has 3 aromatic rings. The van der Waals surface area contributed by atoms with Crippen LogP contribution in [-0.2, 0) is 24.2 Å². The van der Waals surface area contributed by atoms with Crippen LogP contribution in [0.15, 0.2) is 71.6 Å². The molecule has 37 heavy (non-hydrogen) atoms. The first-order valence-corrected chi connectivity index (χ1v) is 14.5. The molecule has 1 aliphatic rings. The fraction of sp³-hybridized carbons (Fsp3) is 0.231. The molecule has 0 saturated carbocycles. The van der Waals surface area contributed by atoms with Gasteiger partial charge in [-0.2, -0.15) is 0 Å². The first-order chi connectivity index (χ1) is 17.6. The van der Waals surface area contributed by atoms with E-state index < -0.39 is 21.8 Å². The van der Waals surface area contributed by atoms with Gasteiger partial charge in [-0.05, 0) is 55.0 Å². The van der Waals surface area contributed by atoms with Crippen molar-refractivity contribution in [1.82, 2.24) is 10.3 Å². The lowest BCUT2D eigenvalue weighted by atomic mass is 10.2. The van der Waals surface area contributed by atoms with Crippen molar-refractivity contribution in [3.63, 3.8) is 0 Å². The molecule has 4 rings (SSSR count). The lowest BCUT2D eigenvalue weighted by molar-refractivity contribution is -0.148. The molecule has 194 valence electrons. The normalized spacial score (nSPS) is 15.4. The summed E-state index contributed by atoms with van der Waals surface area (Å²) in [5, 5.41) is 2.25. The fourth-order valence-electron chi connectivity index (χ4n) is 3.86. The van der Waals surface area contributed by atoms with Gasteiger partial charge in [0.25, 0.3) is 0 Å². The van der Waals surface area contributed by atoms with Crippen LogP contribution in [0.1, 0.15) is 11.8 Å². The maximum atomic E-state index is 13.2. The molecule has 2 heterocycles. The predicted octanol–water partition coefficient (Wildman–Crippen LogP) is 4.23. The third kappa shape index (κ3) is 6.04. The Bertz CT molecular complexity index is 1470. The van der Waals surface area contributed by atoms with Gasteiger partial charge in [-0.3, -0.25) is 14.6 Å². The summed E-state index contributed by atoms with van der Waals surface area (Å²) < 4.78 is 29.0. The van der Waals surface area contributed by atoms with Gasteiger partial charge in [0.2, 0.25) is 5.91 Å². The highest BCUT2D eigenvalue weighted by atomic mass is 35.5. The molecular formula is C26H26ClN3O5S2. The van der Waals surface area contributed by atoms with Crippen molar-refractivity contribution in [3.8, 4) is 10.4 Å². The summed E-state index contributed by atoms with van der Waals surface area (Å²) in [7, 11) is -1.80. The van der Waals surface area contributed by atoms with Crippen LogP contribution < -0.4 is 10.4 Å². The van der Waals surface area contributed by atoms with Gasteiger partial charge in [-0.25, -0.2) is 13.8 Å². The van der Waals surface area contributed by atoms with Crippen molar-refractivity contribution in [2.75, 3.05) is 31.5 Å². The summed E-state index contributed by atoms with van der Waals surface area (Å²) in [6, 6.07) is 17.1. The zero-order chi connectivity index (χ0) is 26.7. The number of likely N-dealkylation sites (N-methyl/N-ethyl adjacent to an activating group) is 1. The Morgan fingerprint density at radius 2 is 1.84 bits per heavy atom. The van der Waals surface area contributed by atoms with E-state index >= 15 is 0 Å². The molecule has 1 aliphatic heterocycles. The Hall–Kier alpha value is -3.18. The Balaban J connectivity index is 1.68. The second-order valence-electron chi connectivity index (χ2n) is 8.41. The average Bonchev–Trinajstić information content (AvgIpc) is 3.51. The van der Waals surface area contributed by atoms with E-state index in [1.807, 2.05) is 36.4 Å². The van der Waals surface area contributed by atoms with Gasteiger partial charge in [0.15, 0.2) is 9.84 Å². The third-order valence-corrected chi connectivity index (χ3v) is 8.23. The molecule has 0 fully saturated rings. The van der Waals surface area contributed by atoms with Gasteiger partial charge in [-0.1, -0.05) is 35.9 Å². The second-order valence-corrected chi connectivity index (χ2v) is 11.9. The fourth-order valence-corrected chi connectivity index (χ4v) is 5.76. The SMILES string of the molecule is CCOC(=O)CN(C)C(=O)C1C=C(c2ccc(-c3cccc(S(C)(=O)=O)c3)s2)N(c2ccccc2Cl)N1. The molecule has 0 saturated heterocycles. The van der Waals surface area contributed by atoms with E-state index in [0.717, 1.165) is 15.3 Å². The minimum atomic E-state index is -3.34. The van der Waals surface area contributed by atoms with Crippen molar-refractivity contribution in [1.29, 1.82) is 0 Å². The summed E-state index contributed by atoms with van der Waals surface area (Å²) in [6.07, 6.45) is 2.97. The standard InChI is InChI=1S/C26H26ClN3O5S2/c1-4-35-25(31)16-29(2)26(32)20-15-22(30(28-20)21-11-6-5-10-19(21)27)24-13-12-23(36-24)17-8-7-9-18(14-17)37(3,33)34/h5-15,20,28H,4,16H2,1-3H3. The van der Waals surface area contributed by atoms with Gasteiger partial charge in [0, 0.05) is 18.2 Å². The van der Waals surface area contributed by atoms with Crippen molar-refractivity contribution < 1.29 is 22.7 Å². The summed E-state index contributed by atoms with van der Waals surface area (Å²) in [5.74, 6) is -0.791. The Morgan fingerprint density at radius 3 is 2.54 bits per heavy atom. The molecule has 0 bridgehead atoms. The molecule has 0 aliphatic carbocycles. The summed E-state index contributed by atoms with van der Waals surface area (Å²) in [6.45, 7) is 1.78. The first kappa shape index (κ1) is 26.9. The Morgan fingerprint density at radius 1 is 1.11 bits per heavy atom. The van der Waals surface area contributed by atoms with E-state index in [1.165, 1.54) is 22.5 Å². The maximum Gasteiger partial charge on any atom is 0.325 e. The molecule has 0 spiro atoms. The number of para-hydroxylation sites is 1. The number of hydrazine groups is 1. The number of nitrogens with one attached hydrogen (secondary N) is 1. The van der Waals surface area contributed by atoms with E-state index in [9.17, 15) is 18.0 Å². The van der Waals surface area contributed by atoms with Crippen LogP contribution in [0.25, 0.3) is 16.1 Å². The minimum Gasteiger partial charge on any atom is -0.465 e. The van der Waals surface area contributed by atoms with Crippen LogP contribution in [-0.4, -0.2) is 57.7 Å². The first-order valence-electron chi connectivity index (χ1n) is 11.4. The van der Waals surface area contributed by atoms with E-state index in [1.54, 1.807) is 49.3 Å². The number of benzene rings is 2. The van der Waals surface area contributed by atoms with Crippen molar-refractivity contribution in [2.24, 2.45) is 0 Å². The number of rotatable bonds is 8. The van der Waals surface area contributed by atoms with Crippen molar-refractivity contribution in [3.05, 3.63) is 76.6 Å². The molecule has 1 amide bonds. The number of amides is 1. The summed E-state index contributed by atoms with van der Waals surface area (Å²) in [4.78, 5) is 28.4. The highest BCUT2D eigenvalue weighted by Crippen LogP contribution is 2.39. The van der Waals surface area contributed by atoms with Crippen molar-refractivity contribution >= 4 is 56.0 Å². The molecule has 1 unspecified atom stereocenters. The zero-order valence-electron chi connectivity index (χ0n) is 20.5. The van der Waals surface area contributed by atoms with Crippen molar-refractivity contribution in [2.45, 2.75) is 17.9 Å². The lowest BCUT2D eigenvalue weighted by Gasteiger charge is -2.25. The lowest BCUT2D eigenvalue weighted by Crippen LogP contribution is -2.47. The van der Waals surface area contributed by atoms with Crippen LogP contribution >= 0.6 is 22.9 Å². The summed E-state index contributed by atoms with van der Waals surface area (Å²) in [5.41, 5.74) is 5.35. The smallest absolute Gasteiger partial charge is 0.325 e. The predicted molar refractivity (Wildman–Crippen MR) is 146 cm³/mol. The number of thiophene rings is 1. The highest BCUT2D eigenvalue weighted by Gasteiger charge is 2.33. The molecule has 11 heteroatoms. The molecule has 1 atom stereocenters. The van der Waals surface area contributed by atoms with Gasteiger partial charge in [0.1, 0.15) is 12.6 Å². The molecule has 8 nitrogen and oxygen atoms in total. The Labute approximate surface area is 225 Å². The topological polar surface area (TPSA) is 96.0 Å². The second kappa shape index (κ2) is 11.1. The molecule has 1 aromatic heterocycles. The maximum absolute atomic E-state index is 13.2. The van der Waals surface area contributed by atoms with Gasteiger partial charge < -0.3 is 9.64 Å². The minimum absolute atomic E-state index is 0.167. The van der Waals surface area contributed by atoms with Crippen LogP contribution in [0.3, 0.4) is 0 Å². The number of carbonyl (C=O) groups is 2. The number of anilines is 1. The van der Waals surface area contributed by atoms with Crippen LogP contribution in [0.4, 0.5) is 5.69 Å². The average molecular weight is 560 g/mol. The van der Waals surface area contributed by atoms with E-state index in [4.69, 9.17) is 16.3 Å². The van der Waals surface area contributed by atoms with Crippen LogP contribution in [0, 0.1) is 0 Å². The number of halogens is 1. The number of nitrogens with zero attached hydrogens (tertiary/aromatic N) is 2. The molecule has 1 N–H and O–H groups in total. The monoisotopic (exact) mass is 559 g/mol. The van der Waals surface area contributed by atoms with Gasteiger partial charge >= 0.3 is 5.97 Å². The summed E-state index contributed by atoms with van der Waals surface area (Å²) >= 11 is 7.95. The van der Waals surface area contributed by atoms with E-state index in [0.29, 0.717) is 16.4 Å². The molecular weight excluding hydrogens is 534 g/mol. The van der Waals surface area contributed by atoms with E-state index in [-0.39, 0.29) is 24.0 Å². The third-order valence-electron chi connectivity index (χ3n) is 5.65.